The number of benzene rings is 3. The number of sulfonamides is 1. The van der Waals surface area contributed by atoms with Gasteiger partial charge in [0.15, 0.2) is 0 Å². The molecule has 0 unspecified atom stereocenters. The zero-order valence-electron chi connectivity index (χ0n) is 19.9. The minimum Gasteiger partial charge on any atom is -0.378 e. The van der Waals surface area contributed by atoms with Gasteiger partial charge in [-0.2, -0.15) is 0 Å². The Morgan fingerprint density at radius 1 is 0.944 bits per heavy atom. The highest BCUT2D eigenvalue weighted by Crippen LogP contribution is 2.28. The number of ether oxygens (including phenoxy) is 1. The predicted molar refractivity (Wildman–Crippen MR) is 139 cm³/mol. The first-order chi connectivity index (χ1) is 17.2. The fourth-order valence-corrected chi connectivity index (χ4v) is 5.47. The molecule has 36 heavy (non-hydrogen) atoms. The summed E-state index contributed by atoms with van der Waals surface area (Å²) >= 11 is 6.22. The van der Waals surface area contributed by atoms with Gasteiger partial charge in [-0.1, -0.05) is 35.9 Å². The van der Waals surface area contributed by atoms with Crippen molar-refractivity contribution >= 4 is 44.8 Å². The number of para-hydroxylation sites is 1. The first-order valence-electron chi connectivity index (χ1n) is 11.3. The van der Waals surface area contributed by atoms with Crippen molar-refractivity contribution in [2.24, 2.45) is 0 Å². The smallest absolute Gasteiger partial charge is 0.263 e. The Balaban J connectivity index is 1.59. The molecule has 3 aromatic carbocycles. The number of anilines is 2. The molecule has 0 aliphatic carbocycles. The summed E-state index contributed by atoms with van der Waals surface area (Å²) in [5.41, 5.74) is 2.89. The molecule has 1 fully saturated rings. The molecular formula is C26H26ClN3O5S. The monoisotopic (exact) mass is 527 g/mol. The van der Waals surface area contributed by atoms with E-state index in [1.165, 1.54) is 18.2 Å². The third-order valence-electron chi connectivity index (χ3n) is 6.04. The van der Waals surface area contributed by atoms with E-state index in [1.807, 2.05) is 19.9 Å². The molecule has 0 atom stereocenters. The van der Waals surface area contributed by atoms with E-state index >= 15 is 0 Å². The number of carbonyl (C=O) groups excluding carboxylic acids is 2. The Labute approximate surface area is 215 Å². The van der Waals surface area contributed by atoms with Crippen LogP contribution in [0.3, 0.4) is 0 Å². The maximum atomic E-state index is 13.1. The maximum Gasteiger partial charge on any atom is 0.263 e. The molecule has 1 aliphatic heterocycles. The van der Waals surface area contributed by atoms with Gasteiger partial charge in [-0.3, -0.25) is 14.3 Å². The van der Waals surface area contributed by atoms with Gasteiger partial charge in [0.05, 0.1) is 35.2 Å². The standard InChI is InChI=1S/C26H26ClN3O5S/c1-17-6-5-9-22(18(17)2)29-36(33,34)24-16-19(10-11-21(24)27)25(31)28-23-8-4-3-7-20(23)26(32)30-12-14-35-15-13-30/h3-11,16,29H,12-15H2,1-2H3,(H,28,31). The van der Waals surface area contributed by atoms with E-state index in [4.69, 9.17) is 16.3 Å². The first-order valence-corrected chi connectivity index (χ1v) is 13.2. The largest absolute Gasteiger partial charge is 0.378 e. The summed E-state index contributed by atoms with van der Waals surface area (Å²) in [6, 6.07) is 16.0. The molecule has 0 radical (unpaired) electrons. The van der Waals surface area contributed by atoms with Crippen LogP contribution in [0.4, 0.5) is 11.4 Å². The molecular weight excluding hydrogens is 502 g/mol. The van der Waals surface area contributed by atoms with Crippen LogP contribution in [0.15, 0.2) is 65.6 Å². The lowest BCUT2D eigenvalue weighted by molar-refractivity contribution is 0.0303. The molecule has 10 heteroatoms. The maximum absolute atomic E-state index is 13.1. The van der Waals surface area contributed by atoms with E-state index in [0.717, 1.165) is 11.1 Å². The number of hydrogen-bond donors (Lipinski definition) is 2. The molecule has 3 aromatic rings. The van der Waals surface area contributed by atoms with Crippen molar-refractivity contribution in [3.63, 3.8) is 0 Å². The van der Waals surface area contributed by atoms with Crippen LogP contribution in [0.2, 0.25) is 5.02 Å². The summed E-state index contributed by atoms with van der Waals surface area (Å²) in [6.45, 7) is 5.54. The second-order valence-electron chi connectivity index (χ2n) is 8.40. The summed E-state index contributed by atoms with van der Waals surface area (Å²) in [6.07, 6.45) is 0. The highest BCUT2D eigenvalue weighted by atomic mass is 35.5. The number of aryl methyl sites for hydroxylation is 1. The van der Waals surface area contributed by atoms with Crippen LogP contribution in [-0.4, -0.2) is 51.4 Å². The second-order valence-corrected chi connectivity index (χ2v) is 10.5. The predicted octanol–water partition coefficient (Wildman–Crippen LogP) is 4.48. The van der Waals surface area contributed by atoms with Crippen LogP contribution >= 0.6 is 11.6 Å². The number of halogens is 1. The fourth-order valence-electron chi connectivity index (χ4n) is 3.82. The highest BCUT2D eigenvalue weighted by molar-refractivity contribution is 7.92. The van der Waals surface area contributed by atoms with E-state index in [2.05, 4.69) is 10.0 Å². The van der Waals surface area contributed by atoms with Gasteiger partial charge >= 0.3 is 0 Å². The van der Waals surface area contributed by atoms with Gasteiger partial charge in [-0.15, -0.1) is 0 Å². The fraction of sp³-hybridized carbons (Fsp3) is 0.231. The molecule has 1 saturated heterocycles. The van der Waals surface area contributed by atoms with Crippen molar-refractivity contribution in [1.82, 2.24) is 4.90 Å². The zero-order valence-corrected chi connectivity index (χ0v) is 21.4. The second kappa shape index (κ2) is 10.7. The number of amides is 2. The van der Waals surface area contributed by atoms with Gasteiger partial charge in [0.2, 0.25) is 0 Å². The summed E-state index contributed by atoms with van der Waals surface area (Å²) in [4.78, 5) is 27.5. The van der Waals surface area contributed by atoms with E-state index < -0.39 is 15.9 Å². The van der Waals surface area contributed by atoms with Crippen LogP contribution < -0.4 is 10.0 Å². The van der Waals surface area contributed by atoms with Crippen LogP contribution in [0.1, 0.15) is 31.8 Å². The molecule has 4 rings (SSSR count). The topological polar surface area (TPSA) is 105 Å². The lowest BCUT2D eigenvalue weighted by atomic mass is 10.1. The number of carbonyl (C=O) groups is 2. The highest BCUT2D eigenvalue weighted by Gasteiger charge is 2.24. The molecule has 0 spiro atoms. The molecule has 8 nitrogen and oxygen atoms in total. The van der Waals surface area contributed by atoms with Crippen LogP contribution in [0.25, 0.3) is 0 Å². The number of hydrogen-bond acceptors (Lipinski definition) is 5. The van der Waals surface area contributed by atoms with Crippen molar-refractivity contribution < 1.29 is 22.7 Å². The molecule has 1 heterocycles. The third-order valence-corrected chi connectivity index (χ3v) is 7.88. The van der Waals surface area contributed by atoms with Crippen LogP contribution in [0.5, 0.6) is 0 Å². The van der Waals surface area contributed by atoms with Gasteiger partial charge < -0.3 is 15.0 Å². The SMILES string of the molecule is Cc1cccc(NS(=O)(=O)c2cc(C(=O)Nc3ccccc3C(=O)N3CCOCC3)ccc2Cl)c1C. The normalized spacial score (nSPS) is 13.8. The lowest BCUT2D eigenvalue weighted by Crippen LogP contribution is -2.41. The van der Waals surface area contributed by atoms with E-state index in [0.29, 0.717) is 43.2 Å². The average molecular weight is 528 g/mol. The Hall–Kier alpha value is -3.40. The van der Waals surface area contributed by atoms with E-state index in [1.54, 1.807) is 41.3 Å². The molecule has 2 N–H and O–H groups in total. The Morgan fingerprint density at radius 3 is 2.39 bits per heavy atom. The van der Waals surface area contributed by atoms with Crippen molar-refractivity contribution in [2.45, 2.75) is 18.7 Å². The summed E-state index contributed by atoms with van der Waals surface area (Å²) in [5.74, 6) is -0.789. The minimum absolute atomic E-state index is 0.0211. The number of nitrogens with zero attached hydrogens (tertiary/aromatic N) is 1. The van der Waals surface area contributed by atoms with E-state index in [-0.39, 0.29) is 21.4 Å². The molecule has 1 aliphatic rings. The van der Waals surface area contributed by atoms with Crippen molar-refractivity contribution in [3.8, 4) is 0 Å². The molecule has 188 valence electrons. The Bertz CT molecular complexity index is 1420. The van der Waals surface area contributed by atoms with Crippen LogP contribution in [0, 0.1) is 13.8 Å². The van der Waals surface area contributed by atoms with Gasteiger partial charge in [-0.05, 0) is 61.4 Å². The summed E-state index contributed by atoms with van der Waals surface area (Å²) < 4.78 is 34.2. The molecule has 0 aromatic heterocycles. The summed E-state index contributed by atoms with van der Waals surface area (Å²) in [7, 11) is -4.08. The quantitative estimate of drug-likeness (QED) is 0.491. The first kappa shape index (κ1) is 25.7. The lowest BCUT2D eigenvalue weighted by Gasteiger charge is -2.27. The van der Waals surface area contributed by atoms with Crippen molar-refractivity contribution in [3.05, 3.63) is 87.9 Å². The Kier molecular flexibility index (Phi) is 7.63. The summed E-state index contributed by atoms with van der Waals surface area (Å²) in [5, 5.41) is 2.71. The number of rotatable bonds is 6. The zero-order chi connectivity index (χ0) is 25.9. The van der Waals surface area contributed by atoms with Gasteiger partial charge in [0.1, 0.15) is 4.90 Å². The van der Waals surface area contributed by atoms with Crippen LogP contribution in [-0.2, 0) is 14.8 Å². The van der Waals surface area contributed by atoms with E-state index in [9.17, 15) is 18.0 Å². The molecule has 0 bridgehead atoms. The Morgan fingerprint density at radius 2 is 1.64 bits per heavy atom. The number of nitrogens with one attached hydrogen (secondary N) is 2. The minimum atomic E-state index is -4.08. The third kappa shape index (κ3) is 5.53. The van der Waals surface area contributed by atoms with Gasteiger partial charge in [0, 0.05) is 18.7 Å². The van der Waals surface area contributed by atoms with Crippen molar-refractivity contribution in [2.75, 3.05) is 36.3 Å². The molecule has 2 amide bonds. The van der Waals surface area contributed by atoms with Gasteiger partial charge in [0.25, 0.3) is 21.8 Å². The van der Waals surface area contributed by atoms with Crippen molar-refractivity contribution in [1.29, 1.82) is 0 Å². The number of morpholine rings is 1. The van der Waals surface area contributed by atoms with Gasteiger partial charge in [-0.25, -0.2) is 8.42 Å². The molecule has 0 saturated carbocycles. The average Bonchev–Trinajstić information content (AvgIpc) is 2.87.